The molecule has 0 bridgehead atoms. The SMILES string of the molecule is C[Si]1(C)c2cc(Br)ccc2Oc2ccc(Br)cc21. The van der Waals surface area contributed by atoms with Crippen LogP contribution in [-0.4, -0.2) is 8.07 Å². The van der Waals surface area contributed by atoms with Crippen molar-refractivity contribution in [1.82, 2.24) is 0 Å². The highest BCUT2D eigenvalue weighted by molar-refractivity contribution is 9.10. The van der Waals surface area contributed by atoms with E-state index in [9.17, 15) is 0 Å². The molecule has 0 saturated heterocycles. The van der Waals surface area contributed by atoms with E-state index < -0.39 is 8.07 Å². The van der Waals surface area contributed by atoms with Gasteiger partial charge in [-0.3, -0.25) is 0 Å². The third-order valence-electron chi connectivity index (χ3n) is 3.45. The second-order valence-electron chi connectivity index (χ2n) is 5.01. The molecular weight excluding hydrogens is 372 g/mol. The standard InChI is InChI=1S/C14H12Br2OSi/c1-18(2)13-7-9(15)3-5-11(13)17-12-6-4-10(16)8-14(12)18/h3-8H,1-2H3. The maximum absolute atomic E-state index is 6.02. The van der Waals surface area contributed by atoms with Crippen LogP contribution < -0.4 is 15.1 Å². The van der Waals surface area contributed by atoms with E-state index in [1.807, 2.05) is 12.1 Å². The minimum atomic E-state index is -1.68. The van der Waals surface area contributed by atoms with Crippen LogP contribution in [0, 0.1) is 0 Å². The van der Waals surface area contributed by atoms with Crippen LogP contribution >= 0.6 is 31.9 Å². The largest absolute Gasteiger partial charge is 0.458 e. The molecule has 0 saturated carbocycles. The van der Waals surface area contributed by atoms with Gasteiger partial charge in [0.2, 0.25) is 0 Å². The highest BCUT2D eigenvalue weighted by atomic mass is 79.9. The fourth-order valence-electron chi connectivity index (χ4n) is 2.42. The summed E-state index contributed by atoms with van der Waals surface area (Å²) in [6.45, 7) is 4.73. The van der Waals surface area contributed by atoms with Gasteiger partial charge in [0.15, 0.2) is 0 Å². The Kier molecular flexibility index (Phi) is 2.92. The van der Waals surface area contributed by atoms with Crippen molar-refractivity contribution in [2.24, 2.45) is 0 Å². The first kappa shape index (κ1) is 12.5. The Morgan fingerprint density at radius 2 is 1.28 bits per heavy atom. The van der Waals surface area contributed by atoms with E-state index in [2.05, 4.69) is 69.2 Å². The molecule has 0 aromatic heterocycles. The summed E-state index contributed by atoms with van der Waals surface area (Å²) in [6.07, 6.45) is 0. The molecule has 18 heavy (non-hydrogen) atoms. The maximum Gasteiger partial charge on any atom is 0.127 e. The fraction of sp³-hybridized carbons (Fsp3) is 0.143. The second kappa shape index (κ2) is 4.22. The molecule has 92 valence electrons. The molecule has 0 radical (unpaired) electrons. The zero-order chi connectivity index (χ0) is 12.9. The van der Waals surface area contributed by atoms with Crippen LogP contribution in [0.5, 0.6) is 11.5 Å². The smallest absolute Gasteiger partial charge is 0.127 e. The van der Waals surface area contributed by atoms with Gasteiger partial charge in [-0.25, -0.2) is 0 Å². The number of hydrogen-bond acceptors (Lipinski definition) is 1. The van der Waals surface area contributed by atoms with E-state index in [4.69, 9.17) is 4.74 Å². The third kappa shape index (κ3) is 1.87. The first-order valence-electron chi connectivity index (χ1n) is 5.76. The van der Waals surface area contributed by atoms with Gasteiger partial charge in [0.25, 0.3) is 0 Å². The van der Waals surface area contributed by atoms with Crippen molar-refractivity contribution in [2.45, 2.75) is 13.1 Å². The van der Waals surface area contributed by atoms with Crippen molar-refractivity contribution < 1.29 is 4.74 Å². The summed E-state index contributed by atoms with van der Waals surface area (Å²) in [6, 6.07) is 12.6. The molecule has 3 rings (SSSR count). The van der Waals surface area contributed by atoms with E-state index in [1.54, 1.807) is 0 Å². The lowest BCUT2D eigenvalue weighted by Gasteiger charge is -2.33. The molecular formula is C14H12Br2OSi. The summed E-state index contributed by atoms with van der Waals surface area (Å²) >= 11 is 7.11. The molecule has 1 heterocycles. The van der Waals surface area contributed by atoms with Crippen LogP contribution in [0.15, 0.2) is 45.3 Å². The number of rotatable bonds is 0. The van der Waals surface area contributed by atoms with Crippen LogP contribution in [0.3, 0.4) is 0 Å². The molecule has 0 N–H and O–H groups in total. The number of hydrogen-bond donors (Lipinski definition) is 0. The van der Waals surface area contributed by atoms with Crippen LogP contribution in [0.2, 0.25) is 13.1 Å². The second-order valence-corrected chi connectivity index (χ2v) is 11.2. The summed E-state index contributed by atoms with van der Waals surface area (Å²) in [5.41, 5.74) is 0. The summed E-state index contributed by atoms with van der Waals surface area (Å²) in [5.74, 6) is 2.01. The molecule has 4 heteroatoms. The molecule has 2 aromatic carbocycles. The number of benzene rings is 2. The first-order chi connectivity index (χ1) is 8.48. The lowest BCUT2D eigenvalue weighted by Crippen LogP contribution is -2.56. The molecule has 2 aromatic rings. The average Bonchev–Trinajstić information content (AvgIpc) is 2.32. The normalized spacial score (nSPS) is 15.6. The number of halogens is 2. The van der Waals surface area contributed by atoms with Crippen LogP contribution in [-0.2, 0) is 0 Å². The van der Waals surface area contributed by atoms with Gasteiger partial charge in [-0.05, 0) is 46.8 Å². The van der Waals surface area contributed by atoms with Crippen molar-refractivity contribution in [3.63, 3.8) is 0 Å². The first-order valence-corrected chi connectivity index (χ1v) is 10.3. The molecule has 0 unspecified atom stereocenters. The minimum absolute atomic E-state index is 1.00. The molecule has 1 nitrogen and oxygen atoms in total. The zero-order valence-corrected chi connectivity index (χ0v) is 14.3. The lowest BCUT2D eigenvalue weighted by atomic mass is 10.3. The van der Waals surface area contributed by atoms with Crippen LogP contribution in [0.1, 0.15) is 0 Å². The van der Waals surface area contributed by atoms with E-state index in [0.29, 0.717) is 0 Å². The maximum atomic E-state index is 6.02. The predicted octanol–water partition coefficient (Wildman–Crippen LogP) is 4.14. The monoisotopic (exact) mass is 382 g/mol. The number of fused-ring (bicyclic) bond motifs is 2. The third-order valence-corrected chi connectivity index (χ3v) is 7.91. The minimum Gasteiger partial charge on any atom is -0.458 e. The van der Waals surface area contributed by atoms with Gasteiger partial charge in [-0.15, -0.1) is 0 Å². The Hall–Kier alpha value is -0.583. The van der Waals surface area contributed by atoms with Gasteiger partial charge in [0, 0.05) is 8.95 Å². The Morgan fingerprint density at radius 1 is 0.833 bits per heavy atom. The Labute approximate surface area is 124 Å². The molecule has 0 aliphatic carbocycles. The quantitative estimate of drug-likeness (QED) is 0.621. The average molecular weight is 384 g/mol. The Balaban J connectivity index is 2.27. The lowest BCUT2D eigenvalue weighted by molar-refractivity contribution is 0.486. The summed E-state index contributed by atoms with van der Waals surface area (Å²) < 4.78 is 8.25. The molecule has 0 spiro atoms. The van der Waals surface area contributed by atoms with Crippen molar-refractivity contribution in [3.05, 3.63) is 45.3 Å². The zero-order valence-electron chi connectivity index (χ0n) is 10.1. The highest BCUT2D eigenvalue weighted by Gasteiger charge is 2.36. The molecule has 0 fully saturated rings. The predicted molar refractivity (Wildman–Crippen MR) is 85.1 cm³/mol. The van der Waals surface area contributed by atoms with Crippen molar-refractivity contribution >= 4 is 50.3 Å². The van der Waals surface area contributed by atoms with Crippen molar-refractivity contribution in [2.75, 3.05) is 0 Å². The van der Waals surface area contributed by atoms with E-state index in [0.717, 1.165) is 20.4 Å². The van der Waals surface area contributed by atoms with Crippen LogP contribution in [0.25, 0.3) is 0 Å². The topological polar surface area (TPSA) is 9.23 Å². The van der Waals surface area contributed by atoms with Crippen molar-refractivity contribution in [3.8, 4) is 11.5 Å². The van der Waals surface area contributed by atoms with E-state index in [1.165, 1.54) is 10.4 Å². The van der Waals surface area contributed by atoms with Gasteiger partial charge in [0.1, 0.15) is 19.6 Å². The van der Waals surface area contributed by atoms with Gasteiger partial charge in [-0.1, -0.05) is 45.0 Å². The molecule has 0 amide bonds. The van der Waals surface area contributed by atoms with Gasteiger partial charge < -0.3 is 4.74 Å². The van der Waals surface area contributed by atoms with Gasteiger partial charge >= 0.3 is 0 Å². The summed E-state index contributed by atoms with van der Waals surface area (Å²) in [7, 11) is -1.68. The van der Waals surface area contributed by atoms with Gasteiger partial charge in [-0.2, -0.15) is 0 Å². The van der Waals surface area contributed by atoms with E-state index >= 15 is 0 Å². The fourth-order valence-corrected chi connectivity index (χ4v) is 6.39. The molecule has 1 aliphatic rings. The summed E-state index contributed by atoms with van der Waals surface area (Å²) in [4.78, 5) is 0. The highest BCUT2D eigenvalue weighted by Crippen LogP contribution is 2.31. The van der Waals surface area contributed by atoms with Crippen molar-refractivity contribution in [1.29, 1.82) is 0 Å². The Bertz CT molecular complexity index is 584. The Morgan fingerprint density at radius 3 is 1.72 bits per heavy atom. The number of ether oxygens (including phenoxy) is 1. The van der Waals surface area contributed by atoms with Crippen LogP contribution in [0.4, 0.5) is 0 Å². The van der Waals surface area contributed by atoms with E-state index in [-0.39, 0.29) is 0 Å². The molecule has 0 atom stereocenters. The summed E-state index contributed by atoms with van der Waals surface area (Å²) in [5, 5.41) is 2.70. The van der Waals surface area contributed by atoms with Gasteiger partial charge in [0.05, 0.1) is 0 Å². The molecule has 1 aliphatic heterocycles.